The molecule has 0 radical (unpaired) electrons. The van der Waals surface area contributed by atoms with Crippen LogP contribution >= 0.6 is 0 Å². The van der Waals surface area contributed by atoms with E-state index in [1.165, 1.54) is 13.2 Å². The summed E-state index contributed by atoms with van der Waals surface area (Å²) in [6.07, 6.45) is 0. The molecule has 2 rings (SSSR count). The lowest BCUT2D eigenvalue weighted by Crippen LogP contribution is -2.38. The molecular formula is C16H23FN6O. The van der Waals surface area contributed by atoms with Crippen molar-refractivity contribution >= 4 is 5.96 Å². The van der Waals surface area contributed by atoms with Gasteiger partial charge in [-0.1, -0.05) is 6.07 Å². The van der Waals surface area contributed by atoms with Crippen LogP contribution in [-0.2, 0) is 13.6 Å². The fourth-order valence-corrected chi connectivity index (χ4v) is 2.20. The number of aryl methyl sites for hydroxylation is 1. The maximum Gasteiger partial charge on any atom is 0.191 e. The highest BCUT2D eigenvalue weighted by Crippen LogP contribution is 2.21. The van der Waals surface area contributed by atoms with Crippen LogP contribution in [0.15, 0.2) is 23.2 Å². The smallest absolute Gasteiger partial charge is 0.191 e. The van der Waals surface area contributed by atoms with Gasteiger partial charge in [-0.2, -0.15) is 0 Å². The van der Waals surface area contributed by atoms with Gasteiger partial charge in [-0.3, -0.25) is 4.99 Å². The molecule has 1 unspecified atom stereocenters. The second-order valence-electron chi connectivity index (χ2n) is 5.41. The van der Waals surface area contributed by atoms with E-state index in [-0.39, 0.29) is 17.6 Å². The highest BCUT2D eigenvalue weighted by Gasteiger charge is 2.12. The number of aliphatic imine (C=N–C) groups is 1. The maximum absolute atomic E-state index is 13.8. The van der Waals surface area contributed by atoms with Gasteiger partial charge < -0.3 is 19.9 Å². The van der Waals surface area contributed by atoms with Crippen LogP contribution in [0.25, 0.3) is 0 Å². The number of benzene rings is 1. The fourth-order valence-electron chi connectivity index (χ4n) is 2.20. The van der Waals surface area contributed by atoms with Crippen LogP contribution in [0.4, 0.5) is 4.39 Å². The Labute approximate surface area is 141 Å². The number of nitrogens with one attached hydrogen (secondary N) is 2. The van der Waals surface area contributed by atoms with E-state index >= 15 is 0 Å². The molecule has 0 saturated heterocycles. The molecule has 7 nitrogen and oxygen atoms in total. The Bertz CT molecular complexity index is 727. The first-order chi connectivity index (χ1) is 11.5. The van der Waals surface area contributed by atoms with Crippen LogP contribution in [0, 0.1) is 12.7 Å². The van der Waals surface area contributed by atoms with Crippen molar-refractivity contribution in [3.8, 4) is 5.75 Å². The summed E-state index contributed by atoms with van der Waals surface area (Å²) in [6, 6.07) is 4.76. The fraction of sp³-hybridized carbons (Fsp3) is 0.438. The maximum atomic E-state index is 13.8. The molecule has 2 aromatic rings. The quantitative estimate of drug-likeness (QED) is 0.643. The largest absolute Gasteiger partial charge is 0.494 e. The predicted octanol–water partition coefficient (Wildman–Crippen LogP) is 1.70. The van der Waals surface area contributed by atoms with E-state index < -0.39 is 0 Å². The van der Waals surface area contributed by atoms with Gasteiger partial charge in [-0.05, 0) is 31.5 Å². The molecule has 2 N–H and O–H groups in total. The first kappa shape index (κ1) is 17.7. The zero-order valence-electron chi connectivity index (χ0n) is 14.6. The molecule has 0 bridgehead atoms. The standard InChI is InChI=1S/C16H23FN6O/c1-10(12-6-7-14(24-5)13(17)8-12)20-16(18-3)19-9-15-22-21-11(2)23(15)4/h6-8,10H,9H2,1-5H3,(H2,18,19,20). The average Bonchev–Trinajstić information content (AvgIpc) is 2.90. The molecule has 0 saturated carbocycles. The molecule has 0 aliphatic heterocycles. The summed E-state index contributed by atoms with van der Waals surface area (Å²) in [5, 5.41) is 14.5. The van der Waals surface area contributed by atoms with Gasteiger partial charge in [0, 0.05) is 14.1 Å². The van der Waals surface area contributed by atoms with E-state index in [0.717, 1.165) is 17.2 Å². The van der Waals surface area contributed by atoms with Crippen LogP contribution in [0.5, 0.6) is 5.75 Å². The van der Waals surface area contributed by atoms with E-state index in [4.69, 9.17) is 4.74 Å². The molecular weight excluding hydrogens is 311 g/mol. The number of halogens is 1. The van der Waals surface area contributed by atoms with Crippen molar-refractivity contribution in [2.24, 2.45) is 12.0 Å². The molecule has 0 aliphatic carbocycles. The van der Waals surface area contributed by atoms with Crippen molar-refractivity contribution < 1.29 is 9.13 Å². The molecule has 130 valence electrons. The summed E-state index contributed by atoms with van der Waals surface area (Å²) >= 11 is 0. The summed E-state index contributed by atoms with van der Waals surface area (Å²) < 4.78 is 20.7. The Morgan fingerprint density at radius 1 is 1.42 bits per heavy atom. The van der Waals surface area contributed by atoms with Gasteiger partial charge in [0.2, 0.25) is 0 Å². The van der Waals surface area contributed by atoms with Gasteiger partial charge in [0.1, 0.15) is 5.82 Å². The number of hydrogen-bond acceptors (Lipinski definition) is 4. The van der Waals surface area contributed by atoms with Gasteiger partial charge in [0.25, 0.3) is 0 Å². The normalized spacial score (nSPS) is 12.8. The first-order valence-electron chi connectivity index (χ1n) is 7.61. The number of hydrogen-bond donors (Lipinski definition) is 2. The number of rotatable bonds is 5. The van der Waals surface area contributed by atoms with Gasteiger partial charge in [0.05, 0.1) is 19.7 Å². The Balaban J connectivity index is 1.99. The molecule has 1 aromatic heterocycles. The summed E-state index contributed by atoms with van der Waals surface area (Å²) in [7, 11) is 5.03. The third-order valence-electron chi connectivity index (χ3n) is 3.85. The lowest BCUT2D eigenvalue weighted by molar-refractivity contribution is 0.386. The molecule has 24 heavy (non-hydrogen) atoms. The van der Waals surface area contributed by atoms with E-state index in [1.807, 2.05) is 31.5 Å². The Morgan fingerprint density at radius 2 is 2.17 bits per heavy atom. The second kappa shape index (κ2) is 7.76. The lowest BCUT2D eigenvalue weighted by Gasteiger charge is -2.18. The zero-order chi connectivity index (χ0) is 17.7. The van der Waals surface area contributed by atoms with Crippen LogP contribution in [0.1, 0.15) is 30.2 Å². The molecule has 1 atom stereocenters. The highest BCUT2D eigenvalue weighted by atomic mass is 19.1. The zero-order valence-corrected chi connectivity index (χ0v) is 14.6. The van der Waals surface area contributed by atoms with E-state index in [1.54, 1.807) is 13.1 Å². The van der Waals surface area contributed by atoms with E-state index in [9.17, 15) is 4.39 Å². The van der Waals surface area contributed by atoms with Gasteiger partial charge >= 0.3 is 0 Å². The lowest BCUT2D eigenvalue weighted by atomic mass is 10.1. The SMILES string of the molecule is CN=C(NCc1nnc(C)n1C)NC(C)c1ccc(OC)c(F)c1. The molecule has 8 heteroatoms. The summed E-state index contributed by atoms with van der Waals surface area (Å²) in [5.74, 6) is 2.09. The summed E-state index contributed by atoms with van der Waals surface area (Å²) in [6.45, 7) is 4.31. The first-order valence-corrected chi connectivity index (χ1v) is 7.61. The van der Waals surface area contributed by atoms with Crippen LogP contribution in [0.2, 0.25) is 0 Å². The Kier molecular flexibility index (Phi) is 5.73. The number of nitrogens with zero attached hydrogens (tertiary/aromatic N) is 4. The van der Waals surface area contributed by atoms with Gasteiger partial charge in [-0.25, -0.2) is 4.39 Å². The molecule has 1 aromatic carbocycles. The topological polar surface area (TPSA) is 76.4 Å². The number of methoxy groups -OCH3 is 1. The van der Waals surface area contributed by atoms with Crippen LogP contribution in [-0.4, -0.2) is 34.9 Å². The number of ether oxygens (including phenoxy) is 1. The van der Waals surface area contributed by atoms with Gasteiger partial charge in [-0.15, -0.1) is 10.2 Å². The molecule has 0 aliphatic rings. The minimum Gasteiger partial charge on any atom is -0.494 e. The van der Waals surface area contributed by atoms with E-state index in [2.05, 4.69) is 25.8 Å². The van der Waals surface area contributed by atoms with Crippen molar-refractivity contribution in [3.05, 3.63) is 41.2 Å². The molecule has 0 spiro atoms. The predicted molar refractivity (Wildman–Crippen MR) is 90.4 cm³/mol. The van der Waals surface area contributed by atoms with Gasteiger partial charge in [0.15, 0.2) is 23.4 Å². The third-order valence-corrected chi connectivity index (χ3v) is 3.85. The van der Waals surface area contributed by atoms with Crippen LogP contribution in [0.3, 0.4) is 0 Å². The van der Waals surface area contributed by atoms with Crippen molar-refractivity contribution in [3.63, 3.8) is 0 Å². The molecule has 1 heterocycles. The van der Waals surface area contributed by atoms with Crippen molar-refractivity contribution in [2.75, 3.05) is 14.2 Å². The highest BCUT2D eigenvalue weighted by molar-refractivity contribution is 5.80. The summed E-state index contributed by atoms with van der Waals surface area (Å²) in [5.41, 5.74) is 0.797. The monoisotopic (exact) mass is 334 g/mol. The van der Waals surface area contributed by atoms with Crippen molar-refractivity contribution in [1.82, 2.24) is 25.4 Å². The van der Waals surface area contributed by atoms with Crippen molar-refractivity contribution in [1.29, 1.82) is 0 Å². The third kappa shape index (κ3) is 4.01. The Hall–Kier alpha value is -2.64. The number of aromatic nitrogens is 3. The molecule has 0 amide bonds. The van der Waals surface area contributed by atoms with Crippen LogP contribution < -0.4 is 15.4 Å². The second-order valence-corrected chi connectivity index (χ2v) is 5.41. The minimum absolute atomic E-state index is 0.127. The van der Waals surface area contributed by atoms with E-state index in [0.29, 0.717) is 12.5 Å². The number of guanidine groups is 1. The summed E-state index contributed by atoms with van der Waals surface area (Å²) in [4.78, 5) is 4.18. The molecule has 0 fully saturated rings. The Morgan fingerprint density at radius 3 is 2.71 bits per heavy atom. The average molecular weight is 334 g/mol. The minimum atomic E-state index is -0.388. The van der Waals surface area contributed by atoms with Crippen molar-refractivity contribution in [2.45, 2.75) is 26.4 Å².